The Morgan fingerprint density at radius 1 is 1.04 bits per heavy atom. The van der Waals surface area contributed by atoms with Gasteiger partial charge >= 0.3 is 0 Å². The van der Waals surface area contributed by atoms with E-state index < -0.39 is 0 Å². The van der Waals surface area contributed by atoms with E-state index >= 15 is 0 Å². The van der Waals surface area contributed by atoms with Crippen LogP contribution in [-0.2, 0) is 17.8 Å². The van der Waals surface area contributed by atoms with Gasteiger partial charge in [0, 0.05) is 24.7 Å². The first kappa shape index (κ1) is 17.8. The molecule has 2 heterocycles. The lowest BCUT2D eigenvalue weighted by Crippen LogP contribution is -2.44. The molecule has 1 amide bonds. The van der Waals surface area contributed by atoms with Gasteiger partial charge in [0.15, 0.2) is 0 Å². The summed E-state index contributed by atoms with van der Waals surface area (Å²) in [6, 6.07) is 18.4. The zero-order valence-corrected chi connectivity index (χ0v) is 15.6. The minimum absolute atomic E-state index is 0.110. The minimum Gasteiger partial charge on any atom is -0.312 e. The van der Waals surface area contributed by atoms with Crippen LogP contribution in [0.1, 0.15) is 36.0 Å². The number of amides is 1. The molecule has 0 bridgehead atoms. The number of piperidine rings is 1. The van der Waals surface area contributed by atoms with E-state index in [0.29, 0.717) is 5.91 Å². The summed E-state index contributed by atoms with van der Waals surface area (Å²) in [7, 11) is 0. The second-order valence-corrected chi connectivity index (χ2v) is 7.54. The fourth-order valence-electron chi connectivity index (χ4n) is 4.33. The summed E-state index contributed by atoms with van der Waals surface area (Å²) in [5, 5.41) is 9.27. The molecule has 2 aliphatic rings. The molecule has 2 aromatic carbocycles. The molecule has 2 aromatic rings. The third-order valence-corrected chi connectivity index (χ3v) is 5.84. The summed E-state index contributed by atoms with van der Waals surface area (Å²) in [4.78, 5) is 17.5. The zero-order chi connectivity index (χ0) is 18.6. The lowest BCUT2D eigenvalue weighted by atomic mass is 9.92. The third-order valence-electron chi connectivity index (χ3n) is 5.84. The molecule has 0 aliphatic carbocycles. The molecule has 4 nitrogen and oxygen atoms in total. The van der Waals surface area contributed by atoms with E-state index in [1.54, 1.807) is 0 Å². The van der Waals surface area contributed by atoms with Crippen LogP contribution in [0.3, 0.4) is 0 Å². The van der Waals surface area contributed by atoms with Crippen LogP contribution in [0, 0.1) is 17.2 Å². The zero-order valence-electron chi connectivity index (χ0n) is 15.6. The van der Waals surface area contributed by atoms with Gasteiger partial charge in [0.1, 0.15) is 0 Å². The summed E-state index contributed by atoms with van der Waals surface area (Å²) in [5.41, 5.74) is 4.23. The lowest BCUT2D eigenvalue weighted by Gasteiger charge is -2.36. The first-order valence-corrected chi connectivity index (χ1v) is 9.86. The molecular formula is C23H25N3O. The van der Waals surface area contributed by atoms with Gasteiger partial charge < -0.3 is 4.90 Å². The average molecular weight is 359 g/mol. The lowest BCUT2D eigenvalue weighted by molar-refractivity contribution is -0.123. The maximum atomic E-state index is 13.1. The largest absolute Gasteiger partial charge is 0.312 e. The van der Waals surface area contributed by atoms with Gasteiger partial charge in [0.05, 0.1) is 11.6 Å². The van der Waals surface area contributed by atoms with Crippen molar-refractivity contribution in [1.82, 2.24) is 4.90 Å². The Morgan fingerprint density at radius 2 is 1.78 bits per heavy atom. The summed E-state index contributed by atoms with van der Waals surface area (Å²) >= 11 is 0. The first-order valence-electron chi connectivity index (χ1n) is 9.86. The predicted molar refractivity (Wildman–Crippen MR) is 106 cm³/mol. The molecule has 4 heteroatoms. The van der Waals surface area contributed by atoms with Crippen LogP contribution in [-0.4, -0.2) is 30.4 Å². The summed E-state index contributed by atoms with van der Waals surface area (Å²) in [5.74, 6) is 0.401. The van der Waals surface area contributed by atoms with Gasteiger partial charge in [-0.1, -0.05) is 36.4 Å². The van der Waals surface area contributed by atoms with Gasteiger partial charge in [-0.2, -0.15) is 5.26 Å². The maximum absolute atomic E-state index is 13.1. The van der Waals surface area contributed by atoms with Gasteiger partial charge in [0.2, 0.25) is 5.91 Å². The fraction of sp³-hybridized carbons (Fsp3) is 0.391. The van der Waals surface area contributed by atoms with E-state index in [1.807, 2.05) is 35.2 Å². The minimum atomic E-state index is 0.110. The number of hydrogen-bond acceptors (Lipinski definition) is 3. The summed E-state index contributed by atoms with van der Waals surface area (Å²) < 4.78 is 0. The van der Waals surface area contributed by atoms with Crippen LogP contribution < -0.4 is 4.90 Å². The standard InChI is InChI=1S/C23H25N3O/c24-16-20-7-1-2-8-21(20)17-25-14-11-19(12-15-25)23(27)26-13-5-9-18-6-3-4-10-22(18)26/h1-4,6-8,10,19H,5,9,11-15,17H2. The van der Waals surface area contributed by atoms with Crippen molar-refractivity contribution in [2.45, 2.75) is 32.2 Å². The fourth-order valence-corrected chi connectivity index (χ4v) is 4.33. The molecule has 27 heavy (non-hydrogen) atoms. The van der Waals surface area contributed by atoms with Crippen LogP contribution in [0.25, 0.3) is 0 Å². The number of fused-ring (bicyclic) bond motifs is 1. The van der Waals surface area contributed by atoms with Gasteiger partial charge in [0.25, 0.3) is 0 Å². The van der Waals surface area contributed by atoms with E-state index in [4.69, 9.17) is 0 Å². The Hall–Kier alpha value is -2.64. The number of para-hydroxylation sites is 1. The van der Waals surface area contributed by atoms with Crippen molar-refractivity contribution in [1.29, 1.82) is 5.26 Å². The quantitative estimate of drug-likeness (QED) is 0.838. The van der Waals surface area contributed by atoms with E-state index in [0.717, 1.165) is 68.7 Å². The molecule has 1 fully saturated rings. The SMILES string of the molecule is N#Cc1ccccc1CN1CCC(C(=O)N2CCCc3ccccc32)CC1. The van der Waals surface area contributed by atoms with E-state index in [2.05, 4.69) is 29.2 Å². The molecule has 138 valence electrons. The number of carbonyl (C=O) groups is 1. The number of hydrogen-bond donors (Lipinski definition) is 0. The normalized spacial score (nSPS) is 18.0. The van der Waals surface area contributed by atoms with E-state index in [9.17, 15) is 10.1 Å². The van der Waals surface area contributed by atoms with Gasteiger partial charge in [-0.25, -0.2) is 0 Å². The van der Waals surface area contributed by atoms with Gasteiger partial charge in [-0.05, 0) is 62.0 Å². The molecule has 0 atom stereocenters. The second kappa shape index (κ2) is 7.94. The number of nitrogens with zero attached hydrogens (tertiary/aromatic N) is 3. The van der Waals surface area contributed by atoms with E-state index in [1.165, 1.54) is 5.56 Å². The van der Waals surface area contributed by atoms with Gasteiger partial charge in [-0.15, -0.1) is 0 Å². The monoisotopic (exact) mass is 359 g/mol. The Morgan fingerprint density at radius 3 is 2.59 bits per heavy atom. The Kier molecular flexibility index (Phi) is 5.22. The highest BCUT2D eigenvalue weighted by Crippen LogP contribution is 2.30. The second-order valence-electron chi connectivity index (χ2n) is 7.54. The molecule has 4 rings (SSSR count). The van der Waals surface area contributed by atoms with Crippen molar-refractivity contribution in [3.8, 4) is 6.07 Å². The molecule has 0 spiro atoms. The first-order chi connectivity index (χ1) is 13.3. The van der Waals surface area contributed by atoms with E-state index in [-0.39, 0.29) is 5.92 Å². The van der Waals surface area contributed by atoms with Crippen molar-refractivity contribution in [3.05, 3.63) is 65.2 Å². The summed E-state index contributed by atoms with van der Waals surface area (Å²) in [6.45, 7) is 3.44. The van der Waals surface area contributed by atoms with Crippen LogP contribution in [0.15, 0.2) is 48.5 Å². The average Bonchev–Trinajstić information content (AvgIpc) is 2.74. The van der Waals surface area contributed by atoms with Crippen LogP contribution in [0.5, 0.6) is 0 Å². The maximum Gasteiger partial charge on any atom is 0.230 e. The number of benzene rings is 2. The Labute approximate surface area is 161 Å². The highest BCUT2D eigenvalue weighted by Gasteiger charge is 2.31. The molecule has 1 saturated heterocycles. The molecule has 0 aromatic heterocycles. The Bertz CT molecular complexity index is 862. The van der Waals surface area contributed by atoms with Crippen molar-refractivity contribution >= 4 is 11.6 Å². The molecule has 0 saturated carbocycles. The number of aryl methyl sites for hydroxylation is 1. The molecule has 0 radical (unpaired) electrons. The predicted octanol–water partition coefficient (Wildman–Crippen LogP) is 3.75. The van der Waals surface area contributed by atoms with Crippen molar-refractivity contribution in [2.75, 3.05) is 24.5 Å². The van der Waals surface area contributed by atoms with Crippen molar-refractivity contribution in [3.63, 3.8) is 0 Å². The smallest absolute Gasteiger partial charge is 0.230 e. The topological polar surface area (TPSA) is 47.3 Å². The van der Waals surface area contributed by atoms with Crippen LogP contribution in [0.4, 0.5) is 5.69 Å². The molecule has 2 aliphatic heterocycles. The van der Waals surface area contributed by atoms with Crippen LogP contribution in [0.2, 0.25) is 0 Å². The highest BCUT2D eigenvalue weighted by molar-refractivity contribution is 5.96. The van der Waals surface area contributed by atoms with Crippen molar-refractivity contribution < 1.29 is 4.79 Å². The number of likely N-dealkylation sites (tertiary alicyclic amines) is 1. The molecular weight excluding hydrogens is 334 g/mol. The third kappa shape index (κ3) is 3.74. The summed E-state index contributed by atoms with van der Waals surface area (Å²) in [6.07, 6.45) is 3.90. The molecule has 0 unspecified atom stereocenters. The van der Waals surface area contributed by atoms with Crippen LogP contribution >= 0.6 is 0 Å². The highest BCUT2D eigenvalue weighted by atomic mass is 16.2. The number of anilines is 1. The number of rotatable bonds is 3. The van der Waals surface area contributed by atoms with Gasteiger partial charge in [-0.3, -0.25) is 9.69 Å². The number of nitriles is 1. The Balaban J connectivity index is 1.38. The van der Waals surface area contributed by atoms with Crippen molar-refractivity contribution in [2.24, 2.45) is 5.92 Å². The molecule has 0 N–H and O–H groups in total. The number of carbonyl (C=O) groups excluding carboxylic acids is 1.